The van der Waals surface area contributed by atoms with Crippen molar-refractivity contribution in [3.05, 3.63) is 47.5 Å². The van der Waals surface area contributed by atoms with Crippen LogP contribution in [0.25, 0.3) is 0 Å². The van der Waals surface area contributed by atoms with E-state index in [0.29, 0.717) is 45.1 Å². The zero-order valence-electron chi connectivity index (χ0n) is 19.1. The molecule has 1 aliphatic rings. The zero-order valence-corrected chi connectivity index (χ0v) is 19.1. The third-order valence-corrected chi connectivity index (χ3v) is 6.30. The van der Waals surface area contributed by atoms with Crippen molar-refractivity contribution in [3.8, 4) is 0 Å². The molecule has 5 nitrogen and oxygen atoms in total. The Balaban J connectivity index is 2.12. The van der Waals surface area contributed by atoms with Crippen LogP contribution in [0, 0.1) is 5.41 Å². The normalized spacial score (nSPS) is 24.5. The lowest BCUT2D eigenvalue weighted by molar-refractivity contribution is -0.143. The predicted molar refractivity (Wildman–Crippen MR) is 123 cm³/mol. The smallest absolute Gasteiger partial charge is 0.305 e. The molecule has 4 atom stereocenters. The Bertz CT molecular complexity index is 701. The van der Waals surface area contributed by atoms with Crippen LogP contribution in [0.5, 0.6) is 0 Å². The molecule has 174 valence electrons. The number of aliphatic hydroxyl groups is 3. The van der Waals surface area contributed by atoms with Crippen LogP contribution in [0.4, 0.5) is 0 Å². The van der Waals surface area contributed by atoms with Crippen LogP contribution < -0.4 is 0 Å². The first kappa shape index (κ1) is 25.6. The molecular formula is C26H40O5. The largest absolute Gasteiger partial charge is 0.466 e. The summed E-state index contributed by atoms with van der Waals surface area (Å²) in [5.41, 5.74) is 1.67. The maximum atomic E-state index is 11.7. The molecule has 0 bridgehead atoms. The Morgan fingerprint density at radius 2 is 1.94 bits per heavy atom. The van der Waals surface area contributed by atoms with E-state index in [4.69, 9.17) is 4.74 Å². The van der Waals surface area contributed by atoms with E-state index in [-0.39, 0.29) is 5.97 Å². The molecule has 3 N–H and O–H groups in total. The molecule has 0 heterocycles. The van der Waals surface area contributed by atoms with Crippen LogP contribution in [0.3, 0.4) is 0 Å². The van der Waals surface area contributed by atoms with Crippen LogP contribution in [0.15, 0.2) is 36.4 Å². The van der Waals surface area contributed by atoms with E-state index in [0.717, 1.165) is 36.8 Å². The summed E-state index contributed by atoms with van der Waals surface area (Å²) in [5.74, 6) is -0.175. The number of carbonyl (C=O) groups excluding carboxylic acids is 1. The molecule has 1 saturated carbocycles. The van der Waals surface area contributed by atoms with E-state index in [1.165, 1.54) is 0 Å². The number of esters is 1. The number of aryl methyl sites for hydroxylation is 1. The van der Waals surface area contributed by atoms with Crippen molar-refractivity contribution in [3.63, 3.8) is 0 Å². The lowest BCUT2D eigenvalue weighted by Crippen LogP contribution is -2.31. The fourth-order valence-electron chi connectivity index (χ4n) is 4.57. The monoisotopic (exact) mass is 432 g/mol. The Labute approximate surface area is 187 Å². The summed E-state index contributed by atoms with van der Waals surface area (Å²) in [6.45, 7) is 4.34. The highest BCUT2D eigenvalue weighted by molar-refractivity contribution is 5.69. The van der Waals surface area contributed by atoms with Gasteiger partial charge >= 0.3 is 5.97 Å². The maximum absolute atomic E-state index is 11.7. The minimum Gasteiger partial charge on any atom is -0.466 e. The number of aliphatic hydroxyl groups excluding tert-OH is 3. The van der Waals surface area contributed by atoms with Crippen LogP contribution >= 0.6 is 0 Å². The van der Waals surface area contributed by atoms with Crippen LogP contribution in [0.1, 0.15) is 76.3 Å². The van der Waals surface area contributed by atoms with Gasteiger partial charge in [0.15, 0.2) is 0 Å². The zero-order chi connectivity index (χ0) is 22.7. The number of benzene rings is 1. The lowest BCUT2D eigenvalue weighted by atomic mass is 9.76. The summed E-state index contributed by atoms with van der Waals surface area (Å²) in [7, 11) is 0. The number of rotatable bonds is 13. The Morgan fingerprint density at radius 3 is 2.58 bits per heavy atom. The van der Waals surface area contributed by atoms with Crippen molar-refractivity contribution >= 4 is 5.97 Å². The van der Waals surface area contributed by atoms with E-state index in [9.17, 15) is 20.1 Å². The first-order valence-corrected chi connectivity index (χ1v) is 11.9. The molecule has 1 aromatic carbocycles. The van der Waals surface area contributed by atoms with E-state index in [1.54, 1.807) is 6.08 Å². The Hall–Kier alpha value is -1.69. The third-order valence-electron chi connectivity index (χ3n) is 6.30. The first-order chi connectivity index (χ1) is 14.9. The molecule has 0 amide bonds. The van der Waals surface area contributed by atoms with Gasteiger partial charge in [0.2, 0.25) is 0 Å². The van der Waals surface area contributed by atoms with Crippen molar-refractivity contribution in [2.45, 2.75) is 96.4 Å². The quantitative estimate of drug-likeness (QED) is 0.248. The molecule has 31 heavy (non-hydrogen) atoms. The highest BCUT2D eigenvalue weighted by Gasteiger charge is 2.44. The summed E-state index contributed by atoms with van der Waals surface area (Å²) in [4.78, 5) is 11.7. The highest BCUT2D eigenvalue weighted by atomic mass is 16.5. The summed E-state index contributed by atoms with van der Waals surface area (Å²) in [6, 6.07) is 8.10. The number of hydrogen-bond donors (Lipinski definition) is 3. The highest BCUT2D eigenvalue weighted by Crippen LogP contribution is 2.43. The molecule has 1 aliphatic carbocycles. The maximum Gasteiger partial charge on any atom is 0.305 e. The van der Waals surface area contributed by atoms with Gasteiger partial charge in [0.05, 0.1) is 24.9 Å². The van der Waals surface area contributed by atoms with Crippen LogP contribution in [-0.4, -0.2) is 46.2 Å². The average Bonchev–Trinajstić information content (AvgIpc) is 3.01. The van der Waals surface area contributed by atoms with Gasteiger partial charge in [-0.3, -0.25) is 4.79 Å². The van der Waals surface area contributed by atoms with E-state index in [2.05, 4.69) is 19.1 Å². The minimum atomic E-state index is -0.658. The molecule has 2 rings (SSSR count). The second kappa shape index (κ2) is 13.0. The Kier molecular flexibility index (Phi) is 10.7. The molecule has 1 aromatic rings. The van der Waals surface area contributed by atoms with Crippen molar-refractivity contribution < 1.29 is 24.9 Å². The molecule has 0 unspecified atom stereocenters. The van der Waals surface area contributed by atoms with Gasteiger partial charge in [0.1, 0.15) is 0 Å². The number of unbranched alkanes of at least 4 members (excludes halogenated alkanes) is 2. The van der Waals surface area contributed by atoms with Gasteiger partial charge < -0.3 is 20.1 Å². The molecule has 0 saturated heterocycles. The molecule has 0 aromatic heterocycles. The van der Waals surface area contributed by atoms with Gasteiger partial charge in [-0.2, -0.15) is 0 Å². The summed E-state index contributed by atoms with van der Waals surface area (Å²) in [6.07, 6.45) is 9.17. The van der Waals surface area contributed by atoms with Gasteiger partial charge in [-0.05, 0) is 50.2 Å². The van der Waals surface area contributed by atoms with Gasteiger partial charge in [-0.25, -0.2) is 0 Å². The van der Waals surface area contributed by atoms with Crippen molar-refractivity contribution in [2.24, 2.45) is 5.41 Å². The van der Waals surface area contributed by atoms with Gasteiger partial charge in [0.25, 0.3) is 0 Å². The Morgan fingerprint density at radius 1 is 1.19 bits per heavy atom. The summed E-state index contributed by atoms with van der Waals surface area (Å²) < 4.78 is 5.02. The van der Waals surface area contributed by atoms with Crippen LogP contribution in [-0.2, 0) is 22.4 Å². The van der Waals surface area contributed by atoms with E-state index >= 15 is 0 Å². The fraction of sp³-hybridized carbons (Fsp3) is 0.654. The summed E-state index contributed by atoms with van der Waals surface area (Å²) in [5, 5.41) is 31.5. The molecule has 0 aliphatic heterocycles. The topological polar surface area (TPSA) is 87.0 Å². The van der Waals surface area contributed by atoms with Crippen molar-refractivity contribution in [1.29, 1.82) is 0 Å². The van der Waals surface area contributed by atoms with E-state index in [1.807, 2.05) is 25.1 Å². The number of ether oxygens (including phenoxy) is 1. The molecule has 1 fully saturated rings. The standard InChI is InChI=1S/C26H40O5/c1-3-5-6-13-22(27)15-16-26(19-23(28)17-24(26)29)18-21-11-8-7-10-20(21)12-9-14-25(30)31-4-2/h7-8,10-11,15-16,22-24,27-29H,3-6,9,12-14,17-19H2,1-2H3/b16-15+/t22-,23+,24-,26-/m0/s1. The number of carbonyl (C=O) groups is 1. The second-order valence-electron chi connectivity index (χ2n) is 8.87. The lowest BCUT2D eigenvalue weighted by Gasteiger charge is -2.31. The van der Waals surface area contributed by atoms with Crippen molar-refractivity contribution in [1.82, 2.24) is 0 Å². The average molecular weight is 433 g/mol. The van der Waals surface area contributed by atoms with Gasteiger partial charge in [-0.1, -0.05) is 62.6 Å². The molecule has 0 spiro atoms. The molecule has 0 radical (unpaired) electrons. The number of hydrogen-bond acceptors (Lipinski definition) is 5. The SMILES string of the molecule is CCCCC[C@H](O)/C=C/[C@]1(Cc2ccccc2CCCC(=O)OCC)C[C@H](O)C[C@@H]1O. The first-order valence-electron chi connectivity index (χ1n) is 11.9. The second-order valence-corrected chi connectivity index (χ2v) is 8.87. The van der Waals surface area contributed by atoms with Crippen LogP contribution in [0.2, 0.25) is 0 Å². The molecular weight excluding hydrogens is 392 g/mol. The third kappa shape index (κ3) is 8.06. The fourth-order valence-corrected chi connectivity index (χ4v) is 4.57. The predicted octanol–water partition coefficient (Wildman–Crippen LogP) is 4.11. The molecule has 5 heteroatoms. The van der Waals surface area contributed by atoms with Gasteiger partial charge in [0, 0.05) is 18.3 Å². The summed E-state index contributed by atoms with van der Waals surface area (Å²) >= 11 is 0. The minimum absolute atomic E-state index is 0.175. The van der Waals surface area contributed by atoms with E-state index < -0.39 is 23.7 Å². The van der Waals surface area contributed by atoms with Crippen molar-refractivity contribution in [2.75, 3.05) is 6.61 Å². The van der Waals surface area contributed by atoms with Gasteiger partial charge in [-0.15, -0.1) is 0 Å².